The number of carbonyl (C=O) groups excluding carboxylic acids is 1. The second-order valence-electron chi connectivity index (χ2n) is 7.32. The molecule has 6 rings (SSSR count). The quantitative estimate of drug-likeness (QED) is 0.597. The number of nitrogens with zero attached hydrogens (tertiary/aromatic N) is 2. The molecule has 4 aliphatic rings. The summed E-state index contributed by atoms with van der Waals surface area (Å²) in [7, 11) is 2.21. The Labute approximate surface area is 136 Å². The molecule has 0 aliphatic carbocycles. The van der Waals surface area contributed by atoms with Crippen LogP contribution in [-0.4, -0.2) is 28.3 Å². The highest BCUT2D eigenvalue weighted by atomic mass is 16.1. The van der Waals surface area contributed by atoms with Gasteiger partial charge in [0.15, 0.2) is 0 Å². The van der Waals surface area contributed by atoms with Crippen LogP contribution in [0, 0.1) is 11.8 Å². The molecule has 1 aromatic carbocycles. The van der Waals surface area contributed by atoms with Crippen molar-refractivity contribution in [3.63, 3.8) is 0 Å². The molecule has 23 heavy (non-hydrogen) atoms. The zero-order valence-corrected chi connectivity index (χ0v) is 13.7. The van der Waals surface area contributed by atoms with Gasteiger partial charge in [-0.05, 0) is 37.3 Å². The second kappa shape index (κ2) is 4.57. The molecule has 0 radical (unpaired) electrons. The molecule has 1 aromatic heterocycles. The number of para-hydroxylation sites is 1. The monoisotopic (exact) mass is 306 g/mol. The van der Waals surface area contributed by atoms with Crippen LogP contribution in [0.2, 0.25) is 0 Å². The van der Waals surface area contributed by atoms with Crippen LogP contribution in [0.5, 0.6) is 0 Å². The highest BCUT2D eigenvalue weighted by Gasteiger charge is 2.53. The number of aryl methyl sites for hydroxylation is 1. The van der Waals surface area contributed by atoms with E-state index in [0.717, 1.165) is 19.4 Å². The zero-order chi connectivity index (χ0) is 15.7. The molecule has 3 saturated heterocycles. The summed E-state index contributed by atoms with van der Waals surface area (Å²) in [5.41, 5.74) is 5.78. The van der Waals surface area contributed by atoms with Crippen molar-refractivity contribution in [3.8, 4) is 0 Å². The molecule has 5 heterocycles. The van der Waals surface area contributed by atoms with Crippen molar-refractivity contribution in [1.29, 1.82) is 0 Å². The van der Waals surface area contributed by atoms with E-state index in [9.17, 15) is 4.79 Å². The normalized spacial score (nSPS) is 36.4. The number of fused-ring (bicyclic) bond motifs is 4. The number of hydrogen-bond donors (Lipinski definition) is 0. The minimum Gasteiger partial charge on any atom is -0.346 e. The molecule has 2 aromatic rings. The van der Waals surface area contributed by atoms with Crippen molar-refractivity contribution in [3.05, 3.63) is 47.2 Å². The highest BCUT2D eigenvalue weighted by Crippen LogP contribution is 2.54. The average Bonchev–Trinajstić information content (AvgIpc) is 2.87. The number of piperidine rings is 3. The molecule has 5 atom stereocenters. The fraction of sp³-hybridized carbons (Fsp3) is 0.450. The maximum Gasteiger partial charge on any atom is 0.125 e. The maximum absolute atomic E-state index is 11.8. The van der Waals surface area contributed by atoms with Crippen LogP contribution in [0.1, 0.15) is 30.6 Å². The number of allylic oxidation sites excluding steroid dienone is 1. The molecule has 4 bridgehead atoms. The topological polar surface area (TPSA) is 25.2 Å². The molecule has 3 heteroatoms. The Morgan fingerprint density at radius 3 is 2.87 bits per heavy atom. The standard InChI is InChI=1S/C20H22N2O/c1-3-12-10-22-18-9-15-13-6-4-5-7-17(13)21(2)20(15)19(22)8-14(12)16(18)11-23/h3-7,11,14,16,18-19H,8-10H2,1-2H3/b12-3-/t14-,16+,18-,19-/m1/s1. The molecular formula is C20H22N2O. The summed E-state index contributed by atoms with van der Waals surface area (Å²) in [6.45, 7) is 3.17. The Bertz CT molecular complexity index is 847. The van der Waals surface area contributed by atoms with Gasteiger partial charge in [-0.2, -0.15) is 0 Å². The summed E-state index contributed by atoms with van der Waals surface area (Å²) in [5, 5.41) is 1.38. The molecular weight excluding hydrogens is 284 g/mol. The molecule has 0 N–H and O–H groups in total. The number of aromatic nitrogens is 1. The first-order valence-electron chi connectivity index (χ1n) is 8.67. The molecule has 3 fully saturated rings. The Morgan fingerprint density at radius 1 is 1.26 bits per heavy atom. The van der Waals surface area contributed by atoms with Crippen LogP contribution >= 0.6 is 0 Å². The third kappa shape index (κ3) is 1.56. The van der Waals surface area contributed by atoms with Crippen LogP contribution in [-0.2, 0) is 18.3 Å². The second-order valence-corrected chi connectivity index (χ2v) is 7.32. The summed E-state index contributed by atoms with van der Waals surface area (Å²) in [6, 6.07) is 9.59. The number of rotatable bonds is 1. The summed E-state index contributed by atoms with van der Waals surface area (Å²) in [5.74, 6) is 0.613. The summed E-state index contributed by atoms with van der Waals surface area (Å²) in [4.78, 5) is 14.4. The van der Waals surface area contributed by atoms with Gasteiger partial charge in [-0.15, -0.1) is 0 Å². The average molecular weight is 306 g/mol. The van der Waals surface area contributed by atoms with E-state index >= 15 is 0 Å². The molecule has 1 unspecified atom stereocenters. The zero-order valence-electron chi connectivity index (χ0n) is 13.7. The van der Waals surface area contributed by atoms with Crippen molar-refractivity contribution in [2.75, 3.05) is 6.54 Å². The molecule has 118 valence electrons. The third-order valence-electron chi connectivity index (χ3n) is 6.57. The predicted octanol–water partition coefficient (Wildman–Crippen LogP) is 3.24. The van der Waals surface area contributed by atoms with E-state index in [4.69, 9.17) is 0 Å². The number of benzene rings is 1. The smallest absolute Gasteiger partial charge is 0.125 e. The van der Waals surface area contributed by atoms with Crippen molar-refractivity contribution < 1.29 is 4.79 Å². The lowest BCUT2D eigenvalue weighted by Crippen LogP contribution is -2.60. The van der Waals surface area contributed by atoms with E-state index in [2.05, 4.69) is 53.8 Å². The lowest BCUT2D eigenvalue weighted by molar-refractivity contribution is -0.121. The van der Waals surface area contributed by atoms with E-state index < -0.39 is 0 Å². The Morgan fingerprint density at radius 2 is 2.09 bits per heavy atom. The molecule has 0 saturated carbocycles. The van der Waals surface area contributed by atoms with Crippen molar-refractivity contribution in [1.82, 2.24) is 9.47 Å². The SMILES string of the molecule is C/C=C1/CN2[C@@H]3C[C@H]1[C@H](C=O)[C@H]2Cc1c3n(C)c2ccccc12. The van der Waals surface area contributed by atoms with Gasteiger partial charge in [0, 0.05) is 42.1 Å². The van der Waals surface area contributed by atoms with Crippen molar-refractivity contribution in [2.24, 2.45) is 18.9 Å². The van der Waals surface area contributed by atoms with Gasteiger partial charge < -0.3 is 9.36 Å². The van der Waals surface area contributed by atoms with E-state index in [0.29, 0.717) is 18.0 Å². The van der Waals surface area contributed by atoms with Gasteiger partial charge in [-0.1, -0.05) is 29.8 Å². The Hall–Kier alpha value is -1.87. The Kier molecular flexibility index (Phi) is 2.70. The molecule has 4 aliphatic heterocycles. The number of carbonyl (C=O) groups is 1. The van der Waals surface area contributed by atoms with Crippen LogP contribution < -0.4 is 0 Å². The van der Waals surface area contributed by atoms with E-state index in [1.165, 1.54) is 34.0 Å². The first-order valence-corrected chi connectivity index (χ1v) is 8.67. The van der Waals surface area contributed by atoms with Crippen LogP contribution in [0.3, 0.4) is 0 Å². The van der Waals surface area contributed by atoms with Gasteiger partial charge in [-0.25, -0.2) is 0 Å². The van der Waals surface area contributed by atoms with Gasteiger partial charge in [0.05, 0.1) is 6.04 Å². The summed E-state index contributed by atoms with van der Waals surface area (Å²) < 4.78 is 2.40. The number of aldehydes is 1. The van der Waals surface area contributed by atoms with Gasteiger partial charge in [-0.3, -0.25) is 4.90 Å². The first-order chi connectivity index (χ1) is 11.2. The molecule has 3 nitrogen and oxygen atoms in total. The third-order valence-corrected chi connectivity index (χ3v) is 6.57. The molecule has 0 amide bonds. The summed E-state index contributed by atoms with van der Waals surface area (Å²) >= 11 is 0. The van der Waals surface area contributed by atoms with Crippen LogP contribution in [0.25, 0.3) is 10.9 Å². The lowest BCUT2D eigenvalue weighted by Gasteiger charge is -2.57. The minimum atomic E-state index is 0.165. The lowest BCUT2D eigenvalue weighted by atomic mass is 9.64. The van der Waals surface area contributed by atoms with Crippen molar-refractivity contribution in [2.45, 2.75) is 31.8 Å². The fourth-order valence-electron chi connectivity index (χ4n) is 5.56. The highest BCUT2D eigenvalue weighted by molar-refractivity contribution is 5.86. The van der Waals surface area contributed by atoms with Gasteiger partial charge in [0.25, 0.3) is 0 Å². The van der Waals surface area contributed by atoms with Crippen LogP contribution in [0.15, 0.2) is 35.9 Å². The minimum absolute atomic E-state index is 0.165. The van der Waals surface area contributed by atoms with Crippen LogP contribution in [0.4, 0.5) is 0 Å². The van der Waals surface area contributed by atoms with E-state index in [-0.39, 0.29) is 5.92 Å². The molecule has 0 spiro atoms. The largest absolute Gasteiger partial charge is 0.346 e. The van der Waals surface area contributed by atoms with E-state index in [1.54, 1.807) is 0 Å². The number of hydrogen-bond acceptors (Lipinski definition) is 2. The predicted molar refractivity (Wildman–Crippen MR) is 91.3 cm³/mol. The Balaban J connectivity index is 1.74. The van der Waals surface area contributed by atoms with Gasteiger partial charge in [0.2, 0.25) is 0 Å². The first kappa shape index (κ1) is 13.6. The summed E-state index contributed by atoms with van der Waals surface area (Å²) in [6.07, 6.45) is 5.59. The van der Waals surface area contributed by atoms with Crippen molar-refractivity contribution >= 4 is 17.2 Å². The van der Waals surface area contributed by atoms with Gasteiger partial charge >= 0.3 is 0 Å². The fourth-order valence-corrected chi connectivity index (χ4v) is 5.56. The van der Waals surface area contributed by atoms with Gasteiger partial charge in [0.1, 0.15) is 6.29 Å². The maximum atomic E-state index is 11.8. The van der Waals surface area contributed by atoms with E-state index in [1.807, 2.05) is 0 Å².